The van der Waals surface area contributed by atoms with Crippen molar-refractivity contribution < 1.29 is 38.4 Å². The molecule has 2 atom stereocenters. The first-order valence-electron chi connectivity index (χ1n) is 14.6. The zero-order valence-corrected chi connectivity index (χ0v) is 27.1. The number of phosphoric ester groups is 1. The highest BCUT2D eigenvalue weighted by Gasteiger charge is 2.35. The van der Waals surface area contributed by atoms with E-state index in [4.69, 9.17) is 9.79 Å². The Balaban J connectivity index is 3.82. The van der Waals surface area contributed by atoms with E-state index in [9.17, 15) is 24.1 Å². The van der Waals surface area contributed by atoms with E-state index in [0.717, 1.165) is 19.3 Å². The molecule has 0 saturated heterocycles. The number of aliphatic hydroxyl groups is 1. The summed E-state index contributed by atoms with van der Waals surface area (Å²) in [5.41, 5.74) is -1.26. The molecule has 0 aliphatic rings. The molecule has 0 aromatic rings. The maximum absolute atomic E-state index is 12.2. The summed E-state index contributed by atoms with van der Waals surface area (Å²) in [6, 6.07) is 0. The van der Waals surface area contributed by atoms with Gasteiger partial charge in [-0.1, -0.05) is 114 Å². The standard InChI is InChI=1S/C27H53BrN3O8P/c1-4-5-6-7-8-9-10-11-12-13-14-15-16-22(28)25(34)31-20-19-29-23(32)17-18-30-26(35)24(33)27(2,3)21-39-40(36,37)38/h22,24,33H,4-21H2,1-3H3,(H,29,32)(H,30,35)(H,31,34)(H2,36,37,38)/t22?,24-/m0/s1. The first-order valence-corrected chi connectivity index (χ1v) is 17.1. The topological polar surface area (TPSA) is 174 Å². The van der Waals surface area contributed by atoms with Crippen LogP contribution in [0.5, 0.6) is 0 Å². The van der Waals surface area contributed by atoms with Crippen LogP contribution in [0.4, 0.5) is 0 Å². The largest absolute Gasteiger partial charge is 0.469 e. The molecule has 6 N–H and O–H groups in total. The van der Waals surface area contributed by atoms with Crippen LogP contribution in [0, 0.1) is 5.41 Å². The van der Waals surface area contributed by atoms with Crippen molar-refractivity contribution in [2.45, 2.75) is 122 Å². The van der Waals surface area contributed by atoms with Crippen molar-refractivity contribution >= 4 is 41.5 Å². The lowest BCUT2D eigenvalue weighted by Gasteiger charge is -2.29. The van der Waals surface area contributed by atoms with Crippen molar-refractivity contribution in [1.82, 2.24) is 16.0 Å². The molecule has 40 heavy (non-hydrogen) atoms. The van der Waals surface area contributed by atoms with E-state index < -0.39 is 31.9 Å². The molecular weight excluding hydrogens is 605 g/mol. The van der Waals surface area contributed by atoms with E-state index in [0.29, 0.717) is 0 Å². The Morgan fingerprint density at radius 3 is 1.80 bits per heavy atom. The summed E-state index contributed by atoms with van der Waals surface area (Å²) in [7, 11) is -4.73. The number of hydrogen-bond acceptors (Lipinski definition) is 6. The minimum atomic E-state index is -4.73. The zero-order chi connectivity index (χ0) is 30.4. The number of aliphatic hydroxyl groups excluding tert-OH is 1. The fraction of sp³-hybridized carbons (Fsp3) is 0.889. The molecule has 0 aliphatic heterocycles. The number of carbonyl (C=O) groups excluding carboxylic acids is 3. The smallest absolute Gasteiger partial charge is 0.383 e. The molecule has 1 unspecified atom stereocenters. The third kappa shape index (κ3) is 21.7. The van der Waals surface area contributed by atoms with Gasteiger partial charge in [-0.05, 0) is 6.42 Å². The molecule has 0 saturated carbocycles. The van der Waals surface area contributed by atoms with Crippen LogP contribution in [0.1, 0.15) is 111 Å². The fourth-order valence-electron chi connectivity index (χ4n) is 3.96. The minimum absolute atomic E-state index is 0.0357. The summed E-state index contributed by atoms with van der Waals surface area (Å²) < 4.78 is 15.2. The van der Waals surface area contributed by atoms with Gasteiger partial charge in [0.25, 0.3) is 0 Å². The predicted molar refractivity (Wildman–Crippen MR) is 160 cm³/mol. The van der Waals surface area contributed by atoms with Gasteiger partial charge in [0.15, 0.2) is 0 Å². The first kappa shape index (κ1) is 39.0. The molecule has 0 radical (unpaired) electrons. The van der Waals surface area contributed by atoms with Crippen LogP contribution in [-0.2, 0) is 23.5 Å². The monoisotopic (exact) mass is 657 g/mol. The van der Waals surface area contributed by atoms with Crippen molar-refractivity contribution in [2.24, 2.45) is 5.41 Å². The molecule has 13 heteroatoms. The molecule has 0 aromatic carbocycles. The summed E-state index contributed by atoms with van der Waals surface area (Å²) in [5, 5.41) is 18.0. The zero-order valence-electron chi connectivity index (χ0n) is 24.6. The molecule has 0 aromatic heterocycles. The Morgan fingerprint density at radius 1 is 0.800 bits per heavy atom. The number of carbonyl (C=O) groups is 3. The van der Waals surface area contributed by atoms with Crippen molar-refractivity contribution in [3.63, 3.8) is 0 Å². The lowest BCUT2D eigenvalue weighted by molar-refractivity contribution is -0.137. The number of rotatable bonds is 25. The van der Waals surface area contributed by atoms with Gasteiger partial charge in [0, 0.05) is 31.5 Å². The van der Waals surface area contributed by atoms with Gasteiger partial charge in [-0.2, -0.15) is 0 Å². The van der Waals surface area contributed by atoms with E-state index in [-0.39, 0.29) is 42.7 Å². The number of unbranched alkanes of at least 4 members (excludes halogenated alkanes) is 11. The van der Waals surface area contributed by atoms with E-state index in [1.54, 1.807) is 0 Å². The third-order valence-corrected chi connectivity index (χ3v) is 7.93. The Kier molecular flexibility index (Phi) is 22.0. The Hall–Kier alpha value is -1.04. The molecule has 3 amide bonds. The quantitative estimate of drug-likeness (QED) is 0.0484. The van der Waals surface area contributed by atoms with Gasteiger partial charge >= 0.3 is 7.82 Å². The van der Waals surface area contributed by atoms with Crippen molar-refractivity contribution in [1.29, 1.82) is 0 Å². The number of phosphoric acid groups is 1. The number of hydrogen-bond donors (Lipinski definition) is 6. The van der Waals surface area contributed by atoms with E-state index in [2.05, 4.69) is 43.3 Å². The van der Waals surface area contributed by atoms with Gasteiger partial charge in [-0.15, -0.1) is 0 Å². The van der Waals surface area contributed by atoms with Crippen LogP contribution in [0.2, 0.25) is 0 Å². The Labute approximate surface area is 248 Å². The molecule has 0 aliphatic carbocycles. The van der Waals surface area contributed by atoms with Crippen LogP contribution in [0.15, 0.2) is 0 Å². The highest BCUT2D eigenvalue weighted by atomic mass is 79.9. The van der Waals surface area contributed by atoms with Gasteiger partial charge in [-0.25, -0.2) is 4.57 Å². The van der Waals surface area contributed by atoms with Crippen molar-refractivity contribution in [2.75, 3.05) is 26.2 Å². The van der Waals surface area contributed by atoms with Gasteiger partial charge in [0.1, 0.15) is 6.10 Å². The third-order valence-electron chi connectivity index (χ3n) is 6.59. The van der Waals surface area contributed by atoms with Crippen LogP contribution in [-0.4, -0.2) is 69.8 Å². The second-order valence-electron chi connectivity index (χ2n) is 11.0. The van der Waals surface area contributed by atoms with E-state index in [1.807, 2.05) is 0 Å². The summed E-state index contributed by atoms with van der Waals surface area (Å²) in [6.45, 7) is 5.03. The molecule has 0 rings (SSSR count). The number of nitrogens with one attached hydrogen (secondary N) is 3. The second-order valence-corrected chi connectivity index (χ2v) is 13.3. The molecule has 0 bridgehead atoms. The van der Waals surface area contributed by atoms with Crippen LogP contribution in [0.25, 0.3) is 0 Å². The number of halogens is 1. The summed E-state index contributed by atoms with van der Waals surface area (Å²) in [5.74, 6) is -1.22. The highest BCUT2D eigenvalue weighted by molar-refractivity contribution is 9.10. The normalized spacial score (nSPS) is 13.5. The molecule has 0 spiro atoms. The Bertz CT molecular complexity index is 766. The van der Waals surface area contributed by atoms with Crippen LogP contribution < -0.4 is 16.0 Å². The Morgan fingerprint density at radius 2 is 1.27 bits per heavy atom. The number of amides is 3. The van der Waals surface area contributed by atoms with E-state index in [1.165, 1.54) is 78.1 Å². The SMILES string of the molecule is CCCCCCCCCCCCCCC(Br)C(=O)NCCNC(=O)CCNC(=O)[C@H](O)C(C)(C)COP(=O)(O)O. The maximum atomic E-state index is 12.2. The molecule has 11 nitrogen and oxygen atoms in total. The van der Waals surface area contributed by atoms with E-state index >= 15 is 0 Å². The minimum Gasteiger partial charge on any atom is -0.383 e. The average Bonchev–Trinajstić information content (AvgIpc) is 2.89. The van der Waals surface area contributed by atoms with Crippen molar-refractivity contribution in [3.05, 3.63) is 0 Å². The summed E-state index contributed by atoms with van der Waals surface area (Å²) in [4.78, 5) is 53.6. The highest BCUT2D eigenvalue weighted by Crippen LogP contribution is 2.38. The van der Waals surface area contributed by atoms with Gasteiger partial charge in [-0.3, -0.25) is 18.9 Å². The summed E-state index contributed by atoms with van der Waals surface area (Å²) >= 11 is 3.44. The van der Waals surface area contributed by atoms with Gasteiger partial charge < -0.3 is 30.8 Å². The second kappa shape index (κ2) is 22.5. The van der Waals surface area contributed by atoms with Gasteiger partial charge in [0.2, 0.25) is 17.7 Å². The summed E-state index contributed by atoms with van der Waals surface area (Å²) in [6.07, 6.45) is 14.4. The number of alkyl halides is 1. The van der Waals surface area contributed by atoms with Crippen LogP contribution in [0.3, 0.4) is 0 Å². The molecular formula is C27H53BrN3O8P. The molecule has 236 valence electrons. The first-order chi connectivity index (χ1) is 18.8. The van der Waals surface area contributed by atoms with Gasteiger partial charge in [0.05, 0.1) is 11.4 Å². The lowest BCUT2D eigenvalue weighted by Crippen LogP contribution is -2.46. The fourth-order valence-corrected chi connectivity index (χ4v) is 4.95. The predicted octanol–water partition coefficient (Wildman–Crippen LogP) is 4.08. The molecule has 0 heterocycles. The average molecular weight is 659 g/mol. The van der Waals surface area contributed by atoms with Crippen LogP contribution >= 0.6 is 23.8 Å². The maximum Gasteiger partial charge on any atom is 0.469 e. The molecule has 0 fully saturated rings. The van der Waals surface area contributed by atoms with Crippen molar-refractivity contribution in [3.8, 4) is 0 Å². The lowest BCUT2D eigenvalue weighted by atomic mass is 9.87.